The number of ether oxygens (including phenoxy) is 1. The van der Waals surface area contributed by atoms with Gasteiger partial charge in [0.05, 0.1) is 13.7 Å². The second-order valence-corrected chi connectivity index (χ2v) is 5.19. The molecule has 0 fully saturated rings. The van der Waals surface area contributed by atoms with Gasteiger partial charge in [-0.3, -0.25) is 4.79 Å². The summed E-state index contributed by atoms with van der Waals surface area (Å²) in [5.41, 5.74) is 0.819. The smallest absolute Gasteiger partial charge is 0.242 e. The molecule has 0 radical (unpaired) electrons. The Labute approximate surface area is 121 Å². The second kappa shape index (κ2) is 6.59. The molecule has 5 heteroatoms. The number of alkyl halides is 1. The first kappa shape index (κ1) is 13.9. The Morgan fingerprint density at radius 3 is 2.58 bits per heavy atom. The standard InChI is InChI=1S/C14H14ClNO2S/c1-18-12-6-4-11(5-7-12)16(14(17)9-15)10-13-3-2-8-19-13/h2-8H,9-10H2,1H3. The Balaban J connectivity index is 2.23. The van der Waals surface area contributed by atoms with E-state index in [-0.39, 0.29) is 11.8 Å². The van der Waals surface area contributed by atoms with Crippen LogP contribution in [0.15, 0.2) is 41.8 Å². The Bertz CT molecular complexity index is 525. The lowest BCUT2D eigenvalue weighted by Crippen LogP contribution is -2.30. The van der Waals surface area contributed by atoms with Crippen LogP contribution < -0.4 is 9.64 Å². The predicted molar refractivity (Wildman–Crippen MR) is 79.2 cm³/mol. The minimum atomic E-state index is -0.111. The van der Waals surface area contributed by atoms with Gasteiger partial charge in [0.15, 0.2) is 0 Å². The summed E-state index contributed by atoms with van der Waals surface area (Å²) in [7, 11) is 1.61. The van der Waals surface area contributed by atoms with Crippen molar-refractivity contribution in [2.45, 2.75) is 6.54 Å². The highest BCUT2D eigenvalue weighted by atomic mass is 35.5. The summed E-state index contributed by atoms with van der Waals surface area (Å²) >= 11 is 7.30. The second-order valence-electron chi connectivity index (χ2n) is 3.89. The van der Waals surface area contributed by atoms with Crippen LogP contribution in [0.25, 0.3) is 0 Å². The highest BCUT2D eigenvalue weighted by molar-refractivity contribution is 7.09. The van der Waals surface area contributed by atoms with Gasteiger partial charge in [0.2, 0.25) is 5.91 Å². The lowest BCUT2D eigenvalue weighted by molar-refractivity contribution is -0.116. The van der Waals surface area contributed by atoms with E-state index < -0.39 is 0 Å². The Morgan fingerprint density at radius 2 is 2.05 bits per heavy atom. The number of benzene rings is 1. The fourth-order valence-electron chi connectivity index (χ4n) is 1.72. The van der Waals surface area contributed by atoms with E-state index in [1.54, 1.807) is 23.3 Å². The minimum absolute atomic E-state index is 0.0304. The van der Waals surface area contributed by atoms with E-state index in [0.29, 0.717) is 6.54 Å². The summed E-state index contributed by atoms with van der Waals surface area (Å²) in [6, 6.07) is 11.4. The first-order chi connectivity index (χ1) is 9.24. The van der Waals surface area contributed by atoms with Gasteiger partial charge in [-0.2, -0.15) is 0 Å². The minimum Gasteiger partial charge on any atom is -0.497 e. The van der Waals surface area contributed by atoms with Crippen molar-refractivity contribution in [1.82, 2.24) is 0 Å². The number of thiophene rings is 1. The topological polar surface area (TPSA) is 29.5 Å². The SMILES string of the molecule is COc1ccc(N(Cc2cccs2)C(=O)CCl)cc1. The van der Waals surface area contributed by atoms with Gasteiger partial charge in [0, 0.05) is 10.6 Å². The quantitative estimate of drug-likeness (QED) is 0.790. The highest BCUT2D eigenvalue weighted by Gasteiger charge is 2.15. The van der Waals surface area contributed by atoms with E-state index in [2.05, 4.69) is 0 Å². The first-order valence-electron chi connectivity index (χ1n) is 5.77. The maximum absolute atomic E-state index is 12.0. The summed E-state index contributed by atoms with van der Waals surface area (Å²) in [6.07, 6.45) is 0. The number of amides is 1. The van der Waals surface area contributed by atoms with E-state index in [0.717, 1.165) is 16.3 Å². The maximum atomic E-state index is 12.0. The molecule has 0 bridgehead atoms. The zero-order valence-electron chi connectivity index (χ0n) is 10.5. The van der Waals surface area contributed by atoms with Crippen molar-refractivity contribution < 1.29 is 9.53 Å². The third-order valence-corrected chi connectivity index (χ3v) is 3.78. The van der Waals surface area contributed by atoms with Crippen LogP contribution >= 0.6 is 22.9 Å². The van der Waals surface area contributed by atoms with E-state index in [4.69, 9.17) is 16.3 Å². The van der Waals surface area contributed by atoms with E-state index in [1.807, 2.05) is 41.8 Å². The van der Waals surface area contributed by atoms with Crippen LogP contribution in [0.3, 0.4) is 0 Å². The Kier molecular flexibility index (Phi) is 4.82. The molecule has 0 spiro atoms. The third-order valence-electron chi connectivity index (χ3n) is 2.69. The van der Waals surface area contributed by atoms with Gasteiger partial charge in [-0.1, -0.05) is 6.07 Å². The summed E-state index contributed by atoms with van der Waals surface area (Å²) in [5.74, 6) is 0.621. The number of nitrogens with zero attached hydrogens (tertiary/aromatic N) is 1. The van der Waals surface area contributed by atoms with E-state index in [9.17, 15) is 4.79 Å². The number of anilines is 1. The van der Waals surface area contributed by atoms with E-state index >= 15 is 0 Å². The van der Waals surface area contributed by atoms with Crippen LogP contribution in [0.5, 0.6) is 5.75 Å². The summed E-state index contributed by atoms with van der Waals surface area (Å²) in [5, 5.41) is 1.99. The van der Waals surface area contributed by atoms with Crippen LogP contribution in [-0.4, -0.2) is 18.9 Å². The first-order valence-corrected chi connectivity index (χ1v) is 7.19. The number of hydrogen-bond donors (Lipinski definition) is 0. The van der Waals surface area contributed by atoms with Gasteiger partial charge in [0.25, 0.3) is 0 Å². The van der Waals surface area contributed by atoms with E-state index in [1.165, 1.54) is 0 Å². The number of carbonyl (C=O) groups is 1. The van der Waals surface area contributed by atoms with Gasteiger partial charge in [-0.05, 0) is 35.7 Å². The zero-order valence-corrected chi connectivity index (χ0v) is 12.1. The molecule has 0 aliphatic carbocycles. The zero-order chi connectivity index (χ0) is 13.7. The van der Waals surface area contributed by atoms with Crippen LogP contribution in [0, 0.1) is 0 Å². The molecule has 0 atom stereocenters. The molecule has 1 amide bonds. The lowest BCUT2D eigenvalue weighted by atomic mass is 10.2. The van der Waals surface area contributed by atoms with Crippen molar-refractivity contribution in [3.63, 3.8) is 0 Å². The predicted octanol–water partition coefficient (Wildman–Crippen LogP) is 3.53. The molecule has 1 aromatic carbocycles. The molecule has 1 aromatic heterocycles. The number of halogens is 1. The summed E-state index contributed by atoms with van der Waals surface area (Å²) in [4.78, 5) is 14.8. The molecule has 0 unspecified atom stereocenters. The molecule has 0 aliphatic heterocycles. The van der Waals surface area contributed by atoms with Crippen molar-refractivity contribution in [2.24, 2.45) is 0 Å². The molecule has 1 heterocycles. The van der Waals surface area contributed by atoms with Crippen LogP contribution in [0.1, 0.15) is 4.88 Å². The number of hydrogen-bond acceptors (Lipinski definition) is 3. The summed E-state index contributed by atoms with van der Waals surface area (Å²) < 4.78 is 5.11. The maximum Gasteiger partial charge on any atom is 0.242 e. The molecule has 19 heavy (non-hydrogen) atoms. The number of carbonyl (C=O) groups excluding carboxylic acids is 1. The Morgan fingerprint density at radius 1 is 1.32 bits per heavy atom. The average molecular weight is 296 g/mol. The summed E-state index contributed by atoms with van der Waals surface area (Å²) in [6.45, 7) is 0.537. The number of rotatable bonds is 5. The third kappa shape index (κ3) is 3.49. The fourth-order valence-corrected chi connectivity index (χ4v) is 2.55. The van der Waals surface area contributed by atoms with Gasteiger partial charge in [0.1, 0.15) is 11.6 Å². The van der Waals surface area contributed by atoms with Gasteiger partial charge in [-0.15, -0.1) is 22.9 Å². The van der Waals surface area contributed by atoms with Crippen molar-refractivity contribution in [3.8, 4) is 5.75 Å². The van der Waals surface area contributed by atoms with Gasteiger partial charge in [-0.25, -0.2) is 0 Å². The monoisotopic (exact) mass is 295 g/mol. The number of methoxy groups -OCH3 is 1. The molecule has 3 nitrogen and oxygen atoms in total. The molecular formula is C14H14ClNO2S. The average Bonchev–Trinajstić information content (AvgIpc) is 2.97. The normalized spacial score (nSPS) is 10.2. The molecule has 0 N–H and O–H groups in total. The van der Waals surface area contributed by atoms with Crippen LogP contribution in [-0.2, 0) is 11.3 Å². The highest BCUT2D eigenvalue weighted by Crippen LogP contribution is 2.23. The molecular weight excluding hydrogens is 282 g/mol. The molecule has 100 valence electrons. The van der Waals surface area contributed by atoms with Gasteiger partial charge >= 0.3 is 0 Å². The van der Waals surface area contributed by atoms with Gasteiger partial charge < -0.3 is 9.64 Å². The molecule has 0 saturated carbocycles. The molecule has 2 rings (SSSR count). The molecule has 0 saturated heterocycles. The van der Waals surface area contributed by atoms with Crippen LogP contribution in [0.4, 0.5) is 5.69 Å². The molecule has 0 aliphatic rings. The largest absolute Gasteiger partial charge is 0.497 e. The fraction of sp³-hybridized carbons (Fsp3) is 0.214. The lowest BCUT2D eigenvalue weighted by Gasteiger charge is -2.21. The van der Waals surface area contributed by atoms with Crippen molar-refractivity contribution in [3.05, 3.63) is 46.7 Å². The van der Waals surface area contributed by atoms with Crippen molar-refractivity contribution >= 4 is 34.5 Å². The molecule has 2 aromatic rings. The van der Waals surface area contributed by atoms with Crippen LogP contribution in [0.2, 0.25) is 0 Å². The van der Waals surface area contributed by atoms with Crippen molar-refractivity contribution in [2.75, 3.05) is 17.9 Å². The Hall–Kier alpha value is -1.52. The van der Waals surface area contributed by atoms with Crippen molar-refractivity contribution in [1.29, 1.82) is 0 Å².